The van der Waals surface area contributed by atoms with Gasteiger partial charge in [-0.15, -0.1) is 0 Å². The van der Waals surface area contributed by atoms with Gasteiger partial charge in [0, 0.05) is 71.5 Å². The molecule has 2 N–H and O–H groups in total. The summed E-state index contributed by atoms with van der Waals surface area (Å²) in [5.41, 5.74) is 5.20. The third kappa shape index (κ3) is 5.00. The Hall–Kier alpha value is -4.66. The number of fused-ring (bicyclic) bond motifs is 2. The summed E-state index contributed by atoms with van der Waals surface area (Å²) < 4.78 is 13.9. The van der Waals surface area contributed by atoms with Gasteiger partial charge < -0.3 is 19.0 Å². The fourth-order valence-corrected chi connectivity index (χ4v) is 6.03. The molecule has 4 heterocycles. The van der Waals surface area contributed by atoms with Crippen LogP contribution >= 0.6 is 0 Å². The summed E-state index contributed by atoms with van der Waals surface area (Å²) in [6.45, 7) is 5.63. The summed E-state index contributed by atoms with van der Waals surface area (Å²) in [6, 6.07) is 23.8. The molecule has 0 atom stereocenters. The summed E-state index contributed by atoms with van der Waals surface area (Å²) in [5, 5.41) is 4.34. The number of hydrogen-bond donors (Lipinski definition) is 2. The number of aromatic nitrogens is 2. The Morgan fingerprint density at radius 1 is 0.810 bits per heavy atom. The number of H-pyrrole nitrogens is 1. The molecule has 42 heavy (non-hydrogen) atoms. The van der Waals surface area contributed by atoms with E-state index in [-0.39, 0.29) is 11.8 Å². The van der Waals surface area contributed by atoms with Gasteiger partial charge in [-0.05, 0) is 36.2 Å². The molecule has 2 aromatic heterocycles. The van der Waals surface area contributed by atoms with Crippen molar-refractivity contribution in [2.75, 3.05) is 32.8 Å². The normalized spacial score (nSPS) is 16.1. The number of carbonyl (C=O) groups is 2. The first-order valence-corrected chi connectivity index (χ1v) is 14.4. The van der Waals surface area contributed by atoms with Crippen molar-refractivity contribution >= 4 is 44.8 Å². The van der Waals surface area contributed by atoms with Crippen molar-refractivity contribution in [2.45, 2.75) is 19.6 Å². The lowest BCUT2D eigenvalue weighted by atomic mass is 9.95. The maximum atomic E-state index is 13.4. The zero-order valence-corrected chi connectivity index (χ0v) is 23.3. The molecule has 0 radical (unpaired) electrons. The first-order chi connectivity index (χ1) is 20.7. The second-order valence-electron chi connectivity index (χ2n) is 10.8. The molecule has 0 aliphatic carbocycles. The van der Waals surface area contributed by atoms with E-state index in [2.05, 4.69) is 25.8 Å². The van der Waals surface area contributed by atoms with E-state index in [1.807, 2.05) is 79.1 Å². The highest BCUT2D eigenvalue weighted by Crippen LogP contribution is 2.39. The number of para-hydroxylation sites is 1. The molecule has 1 fully saturated rings. The number of nitrogens with zero attached hydrogens (tertiary/aromatic N) is 2. The van der Waals surface area contributed by atoms with E-state index in [0.29, 0.717) is 29.1 Å². The Balaban J connectivity index is 1.30. The second kappa shape index (κ2) is 11.3. The fourth-order valence-electron chi connectivity index (χ4n) is 6.03. The van der Waals surface area contributed by atoms with Crippen LogP contribution in [-0.4, -0.2) is 59.1 Å². The number of aryl methyl sites for hydroxylation is 1. The molecule has 2 amide bonds. The number of rotatable bonds is 9. The smallest absolute Gasteiger partial charge is 0.259 e. The number of ether oxygens (including phenoxy) is 2. The molecule has 5 aromatic rings. The van der Waals surface area contributed by atoms with Gasteiger partial charge >= 0.3 is 0 Å². The summed E-state index contributed by atoms with van der Waals surface area (Å²) in [6.07, 6.45) is 4.79. The van der Waals surface area contributed by atoms with Gasteiger partial charge in [0.05, 0.1) is 24.4 Å². The summed E-state index contributed by atoms with van der Waals surface area (Å²) in [5.74, 6) is -0.0645. The number of nitrogens with one attached hydrogen (secondary N) is 2. The van der Waals surface area contributed by atoms with Crippen LogP contribution < -0.4 is 10.1 Å². The average Bonchev–Trinajstić information content (AvgIpc) is 3.69. The highest BCUT2D eigenvalue weighted by Gasteiger charge is 2.35. The molecule has 8 nitrogen and oxygen atoms in total. The predicted molar refractivity (Wildman–Crippen MR) is 163 cm³/mol. The number of benzene rings is 3. The van der Waals surface area contributed by atoms with Crippen molar-refractivity contribution in [3.63, 3.8) is 0 Å². The van der Waals surface area contributed by atoms with Crippen molar-refractivity contribution in [3.05, 3.63) is 102 Å². The van der Waals surface area contributed by atoms with Crippen molar-refractivity contribution < 1.29 is 19.1 Å². The number of amides is 2. The maximum Gasteiger partial charge on any atom is 0.259 e. The van der Waals surface area contributed by atoms with Crippen LogP contribution in [0.2, 0.25) is 0 Å². The van der Waals surface area contributed by atoms with Crippen molar-refractivity contribution in [3.8, 4) is 5.75 Å². The van der Waals surface area contributed by atoms with E-state index in [1.165, 1.54) is 0 Å². The number of carbonyl (C=O) groups excluding carboxylic acids is 2. The van der Waals surface area contributed by atoms with Gasteiger partial charge in [0.1, 0.15) is 12.4 Å². The lowest BCUT2D eigenvalue weighted by Gasteiger charge is -2.26. The van der Waals surface area contributed by atoms with Crippen LogP contribution in [0.3, 0.4) is 0 Å². The van der Waals surface area contributed by atoms with Crippen LogP contribution in [0.5, 0.6) is 5.75 Å². The molecule has 2 aliphatic heterocycles. The molecule has 1 saturated heterocycles. The van der Waals surface area contributed by atoms with Crippen molar-refractivity contribution in [2.24, 2.45) is 0 Å². The van der Waals surface area contributed by atoms with Crippen molar-refractivity contribution in [1.29, 1.82) is 0 Å². The number of morpholine rings is 1. The Labute approximate surface area is 243 Å². The van der Waals surface area contributed by atoms with E-state index >= 15 is 0 Å². The Morgan fingerprint density at radius 3 is 2.40 bits per heavy atom. The van der Waals surface area contributed by atoms with E-state index in [9.17, 15) is 9.59 Å². The number of aromatic amines is 1. The first-order valence-electron chi connectivity index (χ1n) is 14.4. The Morgan fingerprint density at radius 2 is 1.57 bits per heavy atom. The van der Waals surface area contributed by atoms with Crippen LogP contribution in [0, 0.1) is 0 Å². The third-order valence-electron chi connectivity index (χ3n) is 8.14. The molecular weight excluding hydrogens is 528 g/mol. The molecule has 7 rings (SSSR count). The third-order valence-corrected chi connectivity index (χ3v) is 8.14. The van der Waals surface area contributed by atoms with Gasteiger partial charge in [-0.3, -0.25) is 19.8 Å². The lowest BCUT2D eigenvalue weighted by molar-refractivity contribution is -0.122. The quantitative estimate of drug-likeness (QED) is 0.248. The molecule has 212 valence electrons. The number of imide groups is 1. The molecule has 2 aliphatic rings. The highest BCUT2D eigenvalue weighted by atomic mass is 16.5. The van der Waals surface area contributed by atoms with Gasteiger partial charge in [-0.25, -0.2) is 0 Å². The Kier molecular flexibility index (Phi) is 7.07. The van der Waals surface area contributed by atoms with Gasteiger partial charge in [-0.2, -0.15) is 0 Å². The van der Waals surface area contributed by atoms with Crippen LogP contribution in [0.25, 0.3) is 33.0 Å². The van der Waals surface area contributed by atoms with Crippen LogP contribution in [-0.2, 0) is 27.5 Å². The highest BCUT2D eigenvalue weighted by molar-refractivity contribution is 6.50. The monoisotopic (exact) mass is 560 g/mol. The van der Waals surface area contributed by atoms with E-state index in [4.69, 9.17) is 9.47 Å². The first kappa shape index (κ1) is 26.3. The second-order valence-corrected chi connectivity index (χ2v) is 10.8. The molecule has 0 saturated carbocycles. The summed E-state index contributed by atoms with van der Waals surface area (Å²) in [7, 11) is 0. The van der Waals surface area contributed by atoms with Crippen LogP contribution in [0.15, 0.2) is 85.2 Å². The summed E-state index contributed by atoms with van der Waals surface area (Å²) >= 11 is 0. The minimum Gasteiger partial charge on any atom is -0.489 e. The topological polar surface area (TPSA) is 88.6 Å². The van der Waals surface area contributed by atoms with Crippen LogP contribution in [0.1, 0.15) is 23.1 Å². The minimum absolute atomic E-state index is 0.385. The molecule has 3 aromatic carbocycles. The zero-order chi connectivity index (χ0) is 28.5. The number of hydrogen-bond acceptors (Lipinski definition) is 5. The van der Waals surface area contributed by atoms with Gasteiger partial charge in [-0.1, -0.05) is 48.5 Å². The molecule has 0 spiro atoms. The molecular formula is C34H32N4O4. The Bertz CT molecular complexity index is 1810. The van der Waals surface area contributed by atoms with Crippen LogP contribution in [0.4, 0.5) is 0 Å². The van der Waals surface area contributed by atoms with E-state index < -0.39 is 0 Å². The predicted octanol–water partition coefficient (Wildman–Crippen LogP) is 4.99. The SMILES string of the molecule is O=C1NC(=O)C(c2cn(CCCN3CCOCC3)c3ccc(OCc4ccccc4)cc23)=C1c1c[nH]c2ccccc12. The van der Waals surface area contributed by atoms with Gasteiger partial charge in [0.25, 0.3) is 11.8 Å². The van der Waals surface area contributed by atoms with E-state index in [0.717, 1.165) is 78.7 Å². The van der Waals surface area contributed by atoms with Gasteiger partial charge in [0.2, 0.25) is 0 Å². The van der Waals surface area contributed by atoms with Crippen molar-refractivity contribution in [1.82, 2.24) is 19.8 Å². The maximum absolute atomic E-state index is 13.4. The molecule has 0 unspecified atom stereocenters. The van der Waals surface area contributed by atoms with Gasteiger partial charge in [0.15, 0.2) is 0 Å². The largest absolute Gasteiger partial charge is 0.489 e. The average molecular weight is 561 g/mol. The molecule has 8 heteroatoms. The molecule has 0 bridgehead atoms. The fraction of sp³-hybridized carbons (Fsp3) is 0.235. The lowest BCUT2D eigenvalue weighted by Crippen LogP contribution is -2.37. The zero-order valence-electron chi connectivity index (χ0n) is 23.3. The van der Waals surface area contributed by atoms with E-state index in [1.54, 1.807) is 0 Å². The minimum atomic E-state index is -0.386. The standard InChI is InChI=1S/C34H32N4O4/c39-33-31(27-20-35-29-10-5-4-9-25(27)29)32(34(40)36-33)28-21-38(14-6-13-37-15-17-41-18-16-37)30-12-11-24(19-26(28)30)42-22-23-7-2-1-3-8-23/h1-5,7-12,19-21,35H,6,13-18,22H2,(H,36,39,40). The summed E-state index contributed by atoms with van der Waals surface area (Å²) in [4.78, 5) is 32.4.